The molecule has 3 rings (SSSR count). The van der Waals surface area contributed by atoms with Crippen molar-refractivity contribution in [2.24, 2.45) is 5.92 Å². The van der Waals surface area contributed by atoms with Gasteiger partial charge in [0.2, 0.25) is 5.91 Å². The number of anilines is 2. The van der Waals surface area contributed by atoms with Gasteiger partial charge in [0.1, 0.15) is 0 Å². The van der Waals surface area contributed by atoms with E-state index < -0.39 is 17.8 Å². The molecule has 1 N–H and O–H groups in total. The maximum atomic E-state index is 12.6. The predicted octanol–water partition coefficient (Wildman–Crippen LogP) is 4.35. The van der Waals surface area contributed by atoms with Gasteiger partial charge in [-0.25, -0.2) is 0 Å². The summed E-state index contributed by atoms with van der Waals surface area (Å²) < 4.78 is 5.24. The van der Waals surface area contributed by atoms with E-state index in [1.54, 1.807) is 4.90 Å². The normalized spacial score (nSPS) is 16.8. The first-order chi connectivity index (χ1) is 14.8. The van der Waals surface area contributed by atoms with Gasteiger partial charge in [-0.05, 0) is 48.9 Å². The number of hydrogen-bond acceptors (Lipinski definition) is 4. The number of carbonyl (C=O) groups excluding carboxylic acids is 3. The Labute approximate surface area is 183 Å². The number of aryl methyl sites for hydroxylation is 2. The van der Waals surface area contributed by atoms with Gasteiger partial charge in [0.15, 0.2) is 6.61 Å². The summed E-state index contributed by atoms with van der Waals surface area (Å²) in [6.45, 7) is 7.94. The van der Waals surface area contributed by atoms with E-state index in [9.17, 15) is 14.4 Å². The number of esters is 1. The van der Waals surface area contributed by atoms with Crippen molar-refractivity contribution in [3.8, 4) is 0 Å². The van der Waals surface area contributed by atoms with E-state index in [1.165, 1.54) is 0 Å². The molecule has 2 amide bonds. The van der Waals surface area contributed by atoms with Crippen LogP contribution in [0.2, 0.25) is 0 Å². The molecule has 164 valence electrons. The summed E-state index contributed by atoms with van der Waals surface area (Å²) in [4.78, 5) is 39.1. The summed E-state index contributed by atoms with van der Waals surface area (Å²) in [5.74, 6) is -1.28. The van der Waals surface area contributed by atoms with E-state index in [2.05, 4.69) is 19.2 Å². The van der Waals surface area contributed by atoms with E-state index in [1.807, 2.05) is 56.3 Å². The third kappa shape index (κ3) is 5.13. The molecule has 0 aliphatic carbocycles. The molecule has 2 atom stereocenters. The quantitative estimate of drug-likeness (QED) is 0.673. The number of rotatable bonds is 7. The number of nitrogens with one attached hydrogen (secondary N) is 1. The monoisotopic (exact) mass is 422 g/mol. The molecule has 0 unspecified atom stereocenters. The Bertz CT molecular complexity index is 965. The average molecular weight is 423 g/mol. The van der Waals surface area contributed by atoms with Crippen molar-refractivity contribution in [3.63, 3.8) is 0 Å². The number of amides is 2. The maximum absolute atomic E-state index is 12.6. The first-order valence-corrected chi connectivity index (χ1v) is 10.7. The Morgan fingerprint density at radius 3 is 2.48 bits per heavy atom. The fraction of sp³-hybridized carbons (Fsp3) is 0.400. The minimum absolute atomic E-state index is 0.0895. The van der Waals surface area contributed by atoms with Crippen LogP contribution in [-0.2, 0) is 19.1 Å². The van der Waals surface area contributed by atoms with Crippen molar-refractivity contribution in [2.45, 2.75) is 46.5 Å². The number of nitrogens with zero attached hydrogens (tertiary/aromatic N) is 1. The Balaban J connectivity index is 1.60. The van der Waals surface area contributed by atoms with Crippen LogP contribution in [0.3, 0.4) is 0 Å². The number of hydrogen-bond donors (Lipinski definition) is 1. The maximum Gasteiger partial charge on any atom is 0.311 e. The van der Waals surface area contributed by atoms with Crippen molar-refractivity contribution in [2.75, 3.05) is 23.4 Å². The first-order valence-electron chi connectivity index (χ1n) is 10.7. The van der Waals surface area contributed by atoms with E-state index in [4.69, 9.17) is 4.74 Å². The van der Waals surface area contributed by atoms with E-state index in [0.29, 0.717) is 5.92 Å². The van der Waals surface area contributed by atoms with Crippen LogP contribution >= 0.6 is 0 Å². The van der Waals surface area contributed by atoms with Crippen molar-refractivity contribution in [1.82, 2.24) is 0 Å². The minimum Gasteiger partial charge on any atom is -0.455 e. The van der Waals surface area contributed by atoms with Crippen molar-refractivity contribution < 1.29 is 19.1 Å². The highest BCUT2D eigenvalue weighted by atomic mass is 16.5. The lowest BCUT2D eigenvalue weighted by atomic mass is 9.96. The highest BCUT2D eigenvalue weighted by Gasteiger charge is 2.37. The van der Waals surface area contributed by atoms with Crippen molar-refractivity contribution >= 4 is 29.2 Å². The lowest BCUT2D eigenvalue weighted by molar-refractivity contribution is -0.151. The molecule has 0 spiro atoms. The Morgan fingerprint density at radius 1 is 1.13 bits per heavy atom. The van der Waals surface area contributed by atoms with Crippen LogP contribution in [0.15, 0.2) is 42.5 Å². The highest BCUT2D eigenvalue weighted by Crippen LogP contribution is 2.33. The summed E-state index contributed by atoms with van der Waals surface area (Å²) in [5, 5.41) is 2.80. The molecule has 2 aromatic rings. The molecule has 1 fully saturated rings. The predicted molar refractivity (Wildman–Crippen MR) is 121 cm³/mol. The van der Waals surface area contributed by atoms with E-state index in [-0.39, 0.29) is 25.5 Å². The summed E-state index contributed by atoms with van der Waals surface area (Å²) in [6.07, 6.45) is 1.05. The average Bonchev–Trinajstić information content (AvgIpc) is 3.15. The third-order valence-corrected chi connectivity index (χ3v) is 5.92. The highest BCUT2D eigenvalue weighted by molar-refractivity contribution is 6.00. The van der Waals surface area contributed by atoms with Crippen LogP contribution in [0.5, 0.6) is 0 Å². The SMILES string of the molecule is CC[C@H](C)c1ccccc1N1C[C@@H](C(=O)OCC(=O)Nc2c(C)cccc2C)CC1=O. The van der Waals surface area contributed by atoms with Crippen LogP contribution in [0.25, 0.3) is 0 Å². The molecule has 0 bridgehead atoms. The van der Waals surface area contributed by atoms with Crippen molar-refractivity contribution in [1.29, 1.82) is 0 Å². The van der Waals surface area contributed by atoms with Gasteiger partial charge in [0.05, 0.1) is 5.92 Å². The number of para-hydroxylation sites is 2. The lowest BCUT2D eigenvalue weighted by Crippen LogP contribution is -2.29. The number of carbonyl (C=O) groups is 3. The van der Waals surface area contributed by atoms with E-state index >= 15 is 0 Å². The smallest absolute Gasteiger partial charge is 0.311 e. The Hall–Kier alpha value is -3.15. The molecule has 0 radical (unpaired) electrons. The van der Waals surface area contributed by atoms with Crippen LogP contribution in [0.1, 0.15) is 49.3 Å². The van der Waals surface area contributed by atoms with Gasteiger partial charge in [-0.15, -0.1) is 0 Å². The Morgan fingerprint density at radius 2 is 1.81 bits per heavy atom. The van der Waals surface area contributed by atoms with Crippen LogP contribution in [0.4, 0.5) is 11.4 Å². The first kappa shape index (κ1) is 22.5. The molecule has 2 aromatic carbocycles. The largest absolute Gasteiger partial charge is 0.455 e. The Kier molecular flexibility index (Phi) is 7.10. The topological polar surface area (TPSA) is 75.7 Å². The van der Waals surface area contributed by atoms with Gasteiger partial charge in [0.25, 0.3) is 5.91 Å². The number of ether oxygens (including phenoxy) is 1. The fourth-order valence-corrected chi connectivity index (χ4v) is 3.91. The zero-order valence-electron chi connectivity index (χ0n) is 18.6. The molecule has 0 saturated carbocycles. The van der Waals surface area contributed by atoms with Crippen LogP contribution in [0, 0.1) is 19.8 Å². The minimum atomic E-state index is -0.578. The second-order valence-corrected chi connectivity index (χ2v) is 8.20. The van der Waals surface area contributed by atoms with Gasteiger partial charge in [-0.1, -0.05) is 50.2 Å². The molecule has 1 aliphatic rings. The molecular weight excluding hydrogens is 392 g/mol. The number of benzene rings is 2. The second kappa shape index (κ2) is 9.77. The third-order valence-electron chi connectivity index (χ3n) is 5.92. The van der Waals surface area contributed by atoms with Gasteiger partial charge in [-0.3, -0.25) is 14.4 Å². The molecule has 0 aromatic heterocycles. The van der Waals surface area contributed by atoms with Crippen LogP contribution < -0.4 is 10.2 Å². The standard InChI is InChI=1S/C25H30N2O4/c1-5-16(2)20-11-6-7-12-21(20)27-14-19(13-23(27)29)25(30)31-15-22(28)26-24-17(3)9-8-10-18(24)4/h6-12,16,19H,5,13-15H2,1-4H3,(H,26,28)/t16-,19-/m0/s1. The van der Waals surface area contributed by atoms with Gasteiger partial charge >= 0.3 is 5.97 Å². The molecule has 6 nitrogen and oxygen atoms in total. The molecular formula is C25H30N2O4. The fourth-order valence-electron chi connectivity index (χ4n) is 3.91. The van der Waals surface area contributed by atoms with E-state index in [0.717, 1.165) is 34.5 Å². The summed E-state index contributed by atoms with van der Waals surface area (Å²) in [5.41, 5.74) is 4.56. The molecule has 31 heavy (non-hydrogen) atoms. The summed E-state index contributed by atoms with van der Waals surface area (Å²) >= 11 is 0. The zero-order valence-corrected chi connectivity index (χ0v) is 18.6. The van der Waals surface area contributed by atoms with Crippen LogP contribution in [-0.4, -0.2) is 30.9 Å². The molecule has 1 aliphatic heterocycles. The molecule has 1 heterocycles. The summed E-state index contributed by atoms with van der Waals surface area (Å²) in [6, 6.07) is 13.5. The van der Waals surface area contributed by atoms with Gasteiger partial charge in [-0.2, -0.15) is 0 Å². The molecule has 6 heteroatoms. The lowest BCUT2D eigenvalue weighted by Gasteiger charge is -2.23. The van der Waals surface area contributed by atoms with Gasteiger partial charge < -0.3 is 15.0 Å². The van der Waals surface area contributed by atoms with Crippen molar-refractivity contribution in [3.05, 3.63) is 59.2 Å². The van der Waals surface area contributed by atoms with Gasteiger partial charge in [0, 0.05) is 24.3 Å². The summed E-state index contributed by atoms with van der Waals surface area (Å²) in [7, 11) is 0. The second-order valence-electron chi connectivity index (χ2n) is 8.20. The zero-order chi connectivity index (χ0) is 22.5. The molecule has 1 saturated heterocycles.